The third-order valence-corrected chi connectivity index (χ3v) is 3.86. The summed E-state index contributed by atoms with van der Waals surface area (Å²) in [6, 6.07) is 18.5. The van der Waals surface area contributed by atoms with E-state index in [1.165, 1.54) is 0 Å². The van der Waals surface area contributed by atoms with Crippen molar-refractivity contribution in [1.82, 2.24) is 0 Å². The van der Waals surface area contributed by atoms with Crippen LogP contribution in [0.3, 0.4) is 0 Å². The van der Waals surface area contributed by atoms with E-state index in [2.05, 4.69) is 0 Å². The maximum atomic E-state index is 12.3. The van der Waals surface area contributed by atoms with Gasteiger partial charge in [0.15, 0.2) is 18.2 Å². The molecule has 0 spiro atoms. The topological polar surface area (TPSA) is 73.6 Å². The summed E-state index contributed by atoms with van der Waals surface area (Å²) in [5, 5.41) is 0. The number of carbonyl (C=O) groups excluding carboxylic acids is 3. The van der Waals surface area contributed by atoms with Crippen molar-refractivity contribution in [2.75, 3.05) is 0 Å². The number of benzene rings is 2. The van der Waals surface area contributed by atoms with Gasteiger partial charge >= 0.3 is 5.97 Å². The van der Waals surface area contributed by atoms with Gasteiger partial charge in [-0.05, 0) is 31.2 Å². The minimum atomic E-state index is -0.884. The van der Waals surface area contributed by atoms with E-state index in [0.717, 1.165) is 5.56 Å². The average molecular weight is 348 g/mol. The van der Waals surface area contributed by atoms with Crippen molar-refractivity contribution >= 4 is 18.0 Å². The van der Waals surface area contributed by atoms with Crippen LogP contribution in [-0.4, -0.2) is 24.1 Å². The van der Waals surface area contributed by atoms with Gasteiger partial charge in [0.1, 0.15) is 5.76 Å². The number of ketones is 1. The number of esters is 1. The van der Waals surface area contributed by atoms with Crippen LogP contribution in [0.2, 0.25) is 0 Å². The molecule has 0 amide bonds. The molecule has 0 radical (unpaired) electrons. The van der Waals surface area contributed by atoms with Crippen LogP contribution in [-0.2, 0) is 4.74 Å². The van der Waals surface area contributed by atoms with E-state index in [1.807, 2.05) is 6.07 Å². The number of ether oxygens (including phenoxy) is 1. The van der Waals surface area contributed by atoms with E-state index in [-0.39, 0.29) is 11.5 Å². The molecule has 0 bridgehead atoms. The first kappa shape index (κ1) is 17.4. The van der Waals surface area contributed by atoms with Crippen LogP contribution in [0.25, 0.3) is 11.3 Å². The summed E-state index contributed by atoms with van der Waals surface area (Å²) in [4.78, 5) is 35.2. The largest absolute Gasteiger partial charge is 0.453 e. The molecule has 0 aliphatic carbocycles. The molecule has 5 heteroatoms. The molecule has 0 saturated heterocycles. The van der Waals surface area contributed by atoms with E-state index in [1.54, 1.807) is 67.6 Å². The molecule has 0 saturated carbocycles. The lowest BCUT2D eigenvalue weighted by Gasteiger charge is -2.12. The minimum Gasteiger partial charge on any atom is -0.453 e. The van der Waals surface area contributed by atoms with Gasteiger partial charge < -0.3 is 9.15 Å². The number of rotatable bonds is 6. The summed E-state index contributed by atoms with van der Waals surface area (Å²) < 4.78 is 10.6. The monoisotopic (exact) mass is 348 g/mol. The van der Waals surface area contributed by atoms with Gasteiger partial charge in [-0.2, -0.15) is 0 Å². The number of Topliss-reactive ketones (excluding diaryl/α,β-unsaturated/α-hetero) is 1. The molecule has 1 atom stereocenters. The third kappa shape index (κ3) is 3.78. The highest BCUT2D eigenvalue weighted by Crippen LogP contribution is 2.22. The first-order valence-electron chi connectivity index (χ1n) is 8.04. The third-order valence-electron chi connectivity index (χ3n) is 3.86. The maximum absolute atomic E-state index is 12.3. The Morgan fingerprint density at radius 2 is 1.62 bits per heavy atom. The number of aldehydes is 1. The van der Waals surface area contributed by atoms with E-state index in [0.29, 0.717) is 23.2 Å². The highest BCUT2D eigenvalue weighted by atomic mass is 16.5. The smallest absolute Gasteiger partial charge is 0.338 e. The lowest BCUT2D eigenvalue weighted by atomic mass is 10.1. The summed E-state index contributed by atoms with van der Waals surface area (Å²) in [5.41, 5.74) is 1.54. The van der Waals surface area contributed by atoms with Gasteiger partial charge in [0.05, 0.1) is 5.56 Å². The fourth-order valence-electron chi connectivity index (χ4n) is 2.46. The Balaban J connectivity index is 1.68. The van der Waals surface area contributed by atoms with Crippen LogP contribution in [0.1, 0.15) is 38.2 Å². The highest BCUT2D eigenvalue weighted by Gasteiger charge is 2.20. The van der Waals surface area contributed by atoms with Crippen molar-refractivity contribution in [2.24, 2.45) is 0 Å². The molecule has 1 aromatic heterocycles. The number of hydrogen-bond acceptors (Lipinski definition) is 5. The van der Waals surface area contributed by atoms with Gasteiger partial charge in [-0.1, -0.05) is 42.5 Å². The van der Waals surface area contributed by atoms with Crippen LogP contribution in [0.5, 0.6) is 0 Å². The standard InChI is InChI=1S/C21H16O5/c1-14(20(23)16-5-3-2-4-6-16)25-21(24)17-9-7-15(8-10-17)19-12-11-18(13-22)26-19/h2-14H,1H3. The summed E-state index contributed by atoms with van der Waals surface area (Å²) in [5.74, 6) is -0.0784. The van der Waals surface area contributed by atoms with Crippen LogP contribution < -0.4 is 0 Å². The number of furan rings is 1. The Morgan fingerprint density at radius 3 is 2.23 bits per heavy atom. The van der Waals surface area contributed by atoms with Crippen molar-refractivity contribution in [1.29, 1.82) is 0 Å². The van der Waals surface area contributed by atoms with Gasteiger partial charge in [0.2, 0.25) is 5.78 Å². The van der Waals surface area contributed by atoms with Crippen LogP contribution in [0.15, 0.2) is 71.1 Å². The summed E-state index contributed by atoms with van der Waals surface area (Å²) in [6.07, 6.45) is -0.259. The van der Waals surface area contributed by atoms with Gasteiger partial charge in [-0.3, -0.25) is 9.59 Å². The van der Waals surface area contributed by atoms with E-state index >= 15 is 0 Å². The average Bonchev–Trinajstić information content (AvgIpc) is 3.17. The van der Waals surface area contributed by atoms with Crippen molar-refractivity contribution in [3.63, 3.8) is 0 Å². The molecule has 0 fully saturated rings. The maximum Gasteiger partial charge on any atom is 0.338 e. The molecule has 1 unspecified atom stereocenters. The molecule has 0 N–H and O–H groups in total. The van der Waals surface area contributed by atoms with E-state index in [9.17, 15) is 14.4 Å². The van der Waals surface area contributed by atoms with Gasteiger partial charge in [0.25, 0.3) is 0 Å². The summed E-state index contributed by atoms with van der Waals surface area (Å²) >= 11 is 0. The Labute approximate surface area is 150 Å². The first-order valence-corrected chi connectivity index (χ1v) is 8.04. The van der Waals surface area contributed by atoms with Crippen LogP contribution in [0, 0.1) is 0 Å². The molecule has 3 rings (SSSR count). The van der Waals surface area contributed by atoms with Gasteiger partial charge in [-0.15, -0.1) is 0 Å². The lowest BCUT2D eigenvalue weighted by molar-refractivity contribution is 0.0319. The zero-order chi connectivity index (χ0) is 18.5. The predicted octanol–water partition coefficient (Wildman–Crippen LogP) is 4.19. The van der Waals surface area contributed by atoms with E-state index in [4.69, 9.17) is 9.15 Å². The Hall–Kier alpha value is -3.47. The predicted molar refractivity (Wildman–Crippen MR) is 95.2 cm³/mol. The Kier molecular flexibility index (Phi) is 5.08. The SMILES string of the molecule is CC(OC(=O)c1ccc(-c2ccc(C=O)o2)cc1)C(=O)c1ccccc1. The molecule has 2 aromatic carbocycles. The lowest BCUT2D eigenvalue weighted by Crippen LogP contribution is -2.24. The Morgan fingerprint density at radius 1 is 0.923 bits per heavy atom. The second kappa shape index (κ2) is 7.61. The first-order chi connectivity index (χ1) is 12.6. The second-order valence-electron chi connectivity index (χ2n) is 5.68. The normalized spacial score (nSPS) is 11.6. The zero-order valence-electron chi connectivity index (χ0n) is 14.0. The van der Waals surface area contributed by atoms with Crippen molar-refractivity contribution in [3.05, 3.63) is 83.6 Å². The molecular formula is C21H16O5. The number of carbonyl (C=O) groups is 3. The molecule has 26 heavy (non-hydrogen) atoms. The van der Waals surface area contributed by atoms with Gasteiger partial charge in [-0.25, -0.2) is 4.79 Å². The van der Waals surface area contributed by atoms with Crippen molar-refractivity contribution in [2.45, 2.75) is 13.0 Å². The quantitative estimate of drug-likeness (QED) is 0.379. The minimum absolute atomic E-state index is 0.233. The zero-order valence-corrected chi connectivity index (χ0v) is 14.0. The summed E-state index contributed by atoms with van der Waals surface area (Å²) in [7, 11) is 0. The summed E-state index contributed by atoms with van der Waals surface area (Å²) in [6.45, 7) is 1.55. The van der Waals surface area contributed by atoms with E-state index < -0.39 is 12.1 Å². The highest BCUT2D eigenvalue weighted by molar-refractivity contribution is 6.01. The van der Waals surface area contributed by atoms with Crippen molar-refractivity contribution in [3.8, 4) is 11.3 Å². The van der Waals surface area contributed by atoms with Crippen LogP contribution >= 0.6 is 0 Å². The fourth-order valence-corrected chi connectivity index (χ4v) is 2.46. The van der Waals surface area contributed by atoms with Crippen LogP contribution in [0.4, 0.5) is 0 Å². The molecule has 1 heterocycles. The van der Waals surface area contributed by atoms with Gasteiger partial charge in [0, 0.05) is 11.1 Å². The Bertz CT molecular complexity index is 923. The molecule has 3 aromatic rings. The molecule has 130 valence electrons. The molecule has 0 aliphatic rings. The number of hydrogen-bond donors (Lipinski definition) is 0. The molecule has 0 aliphatic heterocycles. The molecule has 5 nitrogen and oxygen atoms in total. The molecular weight excluding hydrogens is 332 g/mol. The van der Waals surface area contributed by atoms with Crippen molar-refractivity contribution < 1.29 is 23.5 Å². The second-order valence-corrected chi connectivity index (χ2v) is 5.68. The fraction of sp³-hybridized carbons (Fsp3) is 0.0952.